The maximum absolute atomic E-state index is 12.6. The number of piperidine rings is 1. The van der Waals surface area contributed by atoms with Gasteiger partial charge in [-0.1, -0.05) is 12.1 Å². The zero-order valence-electron chi connectivity index (χ0n) is 19.5. The molecule has 0 bridgehead atoms. The van der Waals surface area contributed by atoms with E-state index in [9.17, 15) is 14.4 Å². The molecule has 1 fully saturated rings. The molecular weight excluding hydrogens is 438 g/mol. The van der Waals surface area contributed by atoms with E-state index in [2.05, 4.69) is 10.6 Å². The molecule has 34 heavy (non-hydrogen) atoms. The molecule has 9 nitrogen and oxygen atoms in total. The molecule has 0 aromatic heterocycles. The minimum atomic E-state index is -0.885. The number of nitrogens with zero attached hydrogens (tertiary/aromatic N) is 1. The number of hydrogen-bond donors (Lipinski definition) is 3. The van der Waals surface area contributed by atoms with Crippen LogP contribution in [0.4, 0.5) is 4.79 Å². The van der Waals surface area contributed by atoms with Gasteiger partial charge in [-0.3, -0.25) is 9.59 Å². The van der Waals surface area contributed by atoms with E-state index in [4.69, 9.17) is 14.6 Å². The van der Waals surface area contributed by atoms with Gasteiger partial charge in [0.25, 0.3) is 11.8 Å². The maximum Gasteiger partial charge on any atom is 0.407 e. The van der Waals surface area contributed by atoms with Crippen LogP contribution in [0, 0.1) is 5.92 Å². The zero-order chi connectivity index (χ0) is 24.5. The van der Waals surface area contributed by atoms with Gasteiger partial charge < -0.3 is 30.1 Å². The number of benzene rings is 2. The van der Waals surface area contributed by atoms with E-state index in [-0.39, 0.29) is 24.3 Å². The summed E-state index contributed by atoms with van der Waals surface area (Å²) in [6.07, 6.45) is 1.66. The highest BCUT2D eigenvalue weighted by Gasteiger charge is 2.23. The van der Waals surface area contributed by atoms with Crippen LogP contribution < -0.4 is 20.1 Å². The van der Waals surface area contributed by atoms with Gasteiger partial charge in [0.05, 0.1) is 14.2 Å². The lowest BCUT2D eigenvalue weighted by Crippen LogP contribution is -2.40. The Morgan fingerprint density at radius 2 is 1.74 bits per heavy atom. The van der Waals surface area contributed by atoms with Crippen molar-refractivity contribution < 1.29 is 29.0 Å². The van der Waals surface area contributed by atoms with Gasteiger partial charge in [-0.05, 0) is 61.1 Å². The van der Waals surface area contributed by atoms with Crippen molar-refractivity contribution in [3.8, 4) is 11.5 Å². The van der Waals surface area contributed by atoms with Gasteiger partial charge in [0.1, 0.15) is 0 Å². The van der Waals surface area contributed by atoms with Crippen molar-refractivity contribution in [3.63, 3.8) is 0 Å². The molecule has 2 aromatic rings. The van der Waals surface area contributed by atoms with Crippen LogP contribution in [0.25, 0.3) is 0 Å². The smallest absolute Gasteiger partial charge is 0.407 e. The Hall–Kier alpha value is -3.75. The monoisotopic (exact) mass is 469 g/mol. The summed E-state index contributed by atoms with van der Waals surface area (Å²) in [5, 5.41) is 14.9. The fourth-order valence-corrected chi connectivity index (χ4v) is 4.05. The van der Waals surface area contributed by atoms with Crippen molar-refractivity contribution in [1.29, 1.82) is 0 Å². The summed E-state index contributed by atoms with van der Waals surface area (Å²) in [6.45, 7) is 1.84. The Kier molecular flexibility index (Phi) is 8.73. The van der Waals surface area contributed by atoms with E-state index in [1.807, 2.05) is 6.07 Å². The third kappa shape index (κ3) is 6.63. The van der Waals surface area contributed by atoms with E-state index in [1.54, 1.807) is 36.4 Å². The van der Waals surface area contributed by atoms with Gasteiger partial charge in [-0.15, -0.1) is 0 Å². The summed E-state index contributed by atoms with van der Waals surface area (Å²) >= 11 is 0. The Balaban J connectivity index is 1.50. The maximum atomic E-state index is 12.6. The second kappa shape index (κ2) is 11.9. The highest BCUT2D eigenvalue weighted by atomic mass is 16.5. The minimum Gasteiger partial charge on any atom is -0.493 e. The molecule has 0 spiro atoms. The second-order valence-corrected chi connectivity index (χ2v) is 8.23. The Labute approximate surface area is 199 Å². The van der Waals surface area contributed by atoms with Crippen molar-refractivity contribution in [1.82, 2.24) is 15.5 Å². The topological polar surface area (TPSA) is 117 Å². The molecule has 9 heteroatoms. The number of methoxy groups -OCH3 is 2. The minimum absolute atomic E-state index is 0.195. The number of ether oxygens (including phenoxy) is 2. The molecule has 182 valence electrons. The molecule has 1 unspecified atom stereocenters. The molecule has 3 rings (SSSR count). The van der Waals surface area contributed by atoms with Crippen molar-refractivity contribution in [3.05, 3.63) is 59.2 Å². The molecule has 0 aliphatic carbocycles. The fourth-order valence-electron chi connectivity index (χ4n) is 4.05. The number of carboxylic acid groups (broad SMARTS) is 1. The molecule has 2 aromatic carbocycles. The molecule has 3 N–H and O–H groups in total. The lowest BCUT2D eigenvalue weighted by atomic mass is 9.95. The van der Waals surface area contributed by atoms with Crippen LogP contribution in [-0.2, 0) is 6.54 Å². The largest absolute Gasteiger partial charge is 0.493 e. The first-order valence-corrected chi connectivity index (χ1v) is 11.3. The van der Waals surface area contributed by atoms with Gasteiger partial charge in [0, 0.05) is 37.3 Å². The summed E-state index contributed by atoms with van der Waals surface area (Å²) < 4.78 is 10.4. The molecule has 1 atom stereocenters. The van der Waals surface area contributed by atoms with Gasteiger partial charge in [-0.25, -0.2) is 4.79 Å². The Bertz CT molecular complexity index is 1030. The first-order chi connectivity index (χ1) is 16.4. The number of rotatable bonds is 9. The predicted octanol–water partition coefficient (Wildman–Crippen LogP) is 3.14. The summed E-state index contributed by atoms with van der Waals surface area (Å²) in [5.41, 5.74) is 1.75. The number of carbonyl (C=O) groups excluding carboxylic acids is 2. The lowest BCUT2D eigenvalue weighted by molar-refractivity contribution is 0.0939. The molecule has 1 aliphatic rings. The molecule has 1 saturated heterocycles. The van der Waals surface area contributed by atoms with E-state index >= 15 is 0 Å². The summed E-state index contributed by atoms with van der Waals surface area (Å²) in [7, 11) is 3.04. The highest BCUT2D eigenvalue weighted by Crippen LogP contribution is 2.27. The van der Waals surface area contributed by atoms with Crippen LogP contribution >= 0.6 is 0 Å². The van der Waals surface area contributed by atoms with Gasteiger partial charge in [0.2, 0.25) is 0 Å². The van der Waals surface area contributed by atoms with Crippen LogP contribution in [0.3, 0.4) is 0 Å². The molecule has 3 amide bonds. The molecule has 0 saturated carbocycles. The number of likely N-dealkylation sites (tertiary alicyclic amines) is 1. The average molecular weight is 470 g/mol. The van der Waals surface area contributed by atoms with Crippen LogP contribution in [-0.4, -0.2) is 61.8 Å². The van der Waals surface area contributed by atoms with Crippen molar-refractivity contribution in [2.24, 2.45) is 5.92 Å². The first-order valence-electron chi connectivity index (χ1n) is 11.3. The van der Waals surface area contributed by atoms with Crippen molar-refractivity contribution in [2.75, 3.05) is 33.9 Å². The third-order valence-corrected chi connectivity index (χ3v) is 5.92. The fraction of sp³-hybridized carbons (Fsp3) is 0.400. The predicted molar refractivity (Wildman–Crippen MR) is 126 cm³/mol. The second-order valence-electron chi connectivity index (χ2n) is 8.23. The van der Waals surface area contributed by atoms with Crippen LogP contribution in [0.2, 0.25) is 0 Å². The van der Waals surface area contributed by atoms with E-state index < -0.39 is 6.09 Å². The van der Waals surface area contributed by atoms with Crippen molar-refractivity contribution in [2.45, 2.75) is 25.8 Å². The van der Waals surface area contributed by atoms with Crippen LogP contribution in [0.5, 0.6) is 11.5 Å². The summed E-state index contributed by atoms with van der Waals surface area (Å²) in [5.74, 6) is 0.805. The van der Waals surface area contributed by atoms with Crippen LogP contribution in [0.15, 0.2) is 42.5 Å². The Morgan fingerprint density at radius 1 is 1.00 bits per heavy atom. The van der Waals surface area contributed by atoms with E-state index in [1.165, 1.54) is 19.1 Å². The normalized spacial score (nSPS) is 15.4. The van der Waals surface area contributed by atoms with Gasteiger partial charge in [0.15, 0.2) is 11.5 Å². The quantitative estimate of drug-likeness (QED) is 0.519. The molecule has 1 aliphatic heterocycles. The van der Waals surface area contributed by atoms with Crippen LogP contribution in [0.1, 0.15) is 45.5 Å². The third-order valence-electron chi connectivity index (χ3n) is 5.92. The summed E-state index contributed by atoms with van der Waals surface area (Å²) in [4.78, 5) is 37.7. The molecular formula is C25H31N3O6. The number of carbonyl (C=O) groups is 3. The number of hydrogen-bond acceptors (Lipinski definition) is 5. The lowest BCUT2D eigenvalue weighted by Gasteiger charge is -2.30. The van der Waals surface area contributed by atoms with Crippen molar-refractivity contribution >= 4 is 17.9 Å². The van der Waals surface area contributed by atoms with Gasteiger partial charge in [-0.2, -0.15) is 0 Å². The van der Waals surface area contributed by atoms with Gasteiger partial charge >= 0.3 is 6.09 Å². The summed E-state index contributed by atoms with van der Waals surface area (Å²) in [6, 6.07) is 12.0. The number of nitrogens with one attached hydrogen (secondary N) is 2. The zero-order valence-corrected chi connectivity index (χ0v) is 19.5. The molecule has 0 radical (unpaired) electrons. The Morgan fingerprint density at radius 3 is 2.47 bits per heavy atom. The van der Waals surface area contributed by atoms with E-state index in [0.29, 0.717) is 42.3 Å². The SMILES string of the molecule is COc1ccc(C(=O)NCc2cccc(C(=O)NCCC3CCCN(C(=O)O)C3)c2)cc1OC. The highest BCUT2D eigenvalue weighted by molar-refractivity contribution is 5.95. The van der Waals surface area contributed by atoms with E-state index in [0.717, 1.165) is 24.8 Å². The standard InChI is InChI=1S/C25H31N3O6/c1-33-21-9-8-20(14-22(21)34-2)24(30)27-15-18-5-3-7-19(13-18)23(29)26-11-10-17-6-4-12-28(16-17)25(31)32/h3,5,7-9,13-14,17H,4,6,10-12,15-16H2,1-2H3,(H,26,29)(H,27,30)(H,31,32). The number of amides is 3. The molecule has 1 heterocycles. The first kappa shape index (κ1) is 24.9. The average Bonchev–Trinajstić information content (AvgIpc) is 2.87.